The zero-order valence-corrected chi connectivity index (χ0v) is 11.6. The highest BCUT2D eigenvalue weighted by molar-refractivity contribution is 9.09. The molecule has 1 aliphatic rings. The van der Waals surface area contributed by atoms with E-state index in [0.717, 1.165) is 37.7 Å². The highest BCUT2D eigenvalue weighted by Gasteiger charge is 2.37. The maximum atomic E-state index is 11.8. The summed E-state index contributed by atoms with van der Waals surface area (Å²) >= 11 is 3.41. The molecule has 0 aromatic carbocycles. The maximum absolute atomic E-state index is 11.8. The largest absolute Gasteiger partial charge is 0.365 e. The van der Waals surface area contributed by atoms with Crippen molar-refractivity contribution in [1.82, 2.24) is 5.32 Å². The molecule has 0 radical (unpaired) electrons. The van der Waals surface area contributed by atoms with E-state index in [0.29, 0.717) is 0 Å². The lowest BCUT2D eigenvalue weighted by atomic mass is 10.0. The summed E-state index contributed by atoms with van der Waals surface area (Å²) in [5, 5.41) is 4.04. The zero-order chi connectivity index (χ0) is 11.9. The van der Waals surface area contributed by atoms with Crippen LogP contribution in [0.25, 0.3) is 0 Å². The van der Waals surface area contributed by atoms with Crippen molar-refractivity contribution in [3.8, 4) is 0 Å². The van der Waals surface area contributed by atoms with Gasteiger partial charge in [0.05, 0.1) is 0 Å². The Hall–Kier alpha value is -0.0900. The Bertz CT molecular complexity index is 215. The van der Waals surface area contributed by atoms with Gasteiger partial charge in [0.15, 0.2) is 0 Å². The third-order valence-corrected chi connectivity index (χ3v) is 3.61. The number of rotatable bonds is 7. The van der Waals surface area contributed by atoms with Gasteiger partial charge in [-0.05, 0) is 32.6 Å². The van der Waals surface area contributed by atoms with Gasteiger partial charge in [0.2, 0.25) is 0 Å². The van der Waals surface area contributed by atoms with Crippen LogP contribution in [-0.4, -0.2) is 30.0 Å². The summed E-state index contributed by atoms with van der Waals surface area (Å²) in [6.07, 6.45) is 6.54. The molecular weight excluding hydrogens is 270 g/mol. The number of carbonyl (C=O) groups excluding carboxylic acids is 1. The summed E-state index contributed by atoms with van der Waals surface area (Å²) in [7, 11) is 0. The van der Waals surface area contributed by atoms with Crippen LogP contribution in [0.4, 0.5) is 0 Å². The Balaban J connectivity index is 2.06. The van der Waals surface area contributed by atoms with Gasteiger partial charge in [0.1, 0.15) is 5.60 Å². The molecule has 0 spiro atoms. The molecule has 16 heavy (non-hydrogen) atoms. The predicted molar refractivity (Wildman–Crippen MR) is 68.9 cm³/mol. The van der Waals surface area contributed by atoms with Gasteiger partial charge in [-0.1, -0.05) is 28.8 Å². The average Bonchev–Trinajstić information content (AvgIpc) is 2.71. The number of halogens is 1. The molecule has 4 heteroatoms. The van der Waals surface area contributed by atoms with E-state index in [4.69, 9.17) is 4.74 Å². The van der Waals surface area contributed by atoms with Crippen LogP contribution in [0.3, 0.4) is 0 Å². The van der Waals surface area contributed by atoms with Gasteiger partial charge in [-0.25, -0.2) is 0 Å². The molecule has 1 saturated heterocycles. The molecule has 1 amide bonds. The number of hydrogen-bond acceptors (Lipinski definition) is 2. The molecule has 1 rings (SSSR count). The van der Waals surface area contributed by atoms with Crippen LogP contribution >= 0.6 is 15.9 Å². The number of amides is 1. The summed E-state index contributed by atoms with van der Waals surface area (Å²) in [6, 6.07) is 0. The van der Waals surface area contributed by atoms with Gasteiger partial charge < -0.3 is 10.1 Å². The summed E-state index contributed by atoms with van der Waals surface area (Å²) in [6.45, 7) is 3.38. The van der Waals surface area contributed by atoms with E-state index >= 15 is 0 Å². The quantitative estimate of drug-likeness (QED) is 0.578. The smallest absolute Gasteiger partial charge is 0.251 e. The Morgan fingerprint density at radius 3 is 2.75 bits per heavy atom. The number of nitrogens with one attached hydrogen (secondary N) is 1. The fraction of sp³-hybridized carbons (Fsp3) is 0.917. The molecule has 94 valence electrons. The van der Waals surface area contributed by atoms with E-state index in [1.54, 1.807) is 0 Å². The average molecular weight is 292 g/mol. The number of ether oxygens (including phenoxy) is 1. The van der Waals surface area contributed by atoms with Crippen LogP contribution in [0, 0.1) is 0 Å². The van der Waals surface area contributed by atoms with Crippen molar-refractivity contribution in [3.63, 3.8) is 0 Å². The molecule has 1 fully saturated rings. The molecule has 1 aliphatic heterocycles. The Labute approximate surface area is 106 Å². The monoisotopic (exact) mass is 291 g/mol. The first-order valence-corrected chi connectivity index (χ1v) is 7.29. The molecule has 1 unspecified atom stereocenters. The number of hydrogen-bond donors (Lipinski definition) is 1. The first kappa shape index (κ1) is 14.0. The molecule has 1 atom stereocenters. The molecule has 0 bridgehead atoms. The minimum Gasteiger partial charge on any atom is -0.365 e. The van der Waals surface area contributed by atoms with Crippen molar-refractivity contribution >= 4 is 21.8 Å². The number of unbranched alkanes of at least 4 members (excludes halogenated alkanes) is 3. The fourth-order valence-electron chi connectivity index (χ4n) is 1.92. The number of alkyl halides is 1. The van der Waals surface area contributed by atoms with Gasteiger partial charge >= 0.3 is 0 Å². The second kappa shape index (κ2) is 7.28. The third-order valence-electron chi connectivity index (χ3n) is 3.05. The normalized spacial score (nSPS) is 24.6. The molecular formula is C12H22BrNO2. The standard InChI is InChI=1S/C12H22BrNO2/c1-12(7-6-10-16-12)11(15)14-9-5-3-2-4-8-13/h2-10H2,1H3,(H,14,15). The van der Waals surface area contributed by atoms with Crippen LogP contribution in [-0.2, 0) is 9.53 Å². The topological polar surface area (TPSA) is 38.3 Å². The molecule has 0 aromatic rings. The number of carbonyl (C=O) groups is 1. The van der Waals surface area contributed by atoms with Gasteiger partial charge in [-0.3, -0.25) is 4.79 Å². The van der Waals surface area contributed by atoms with Gasteiger partial charge in [0, 0.05) is 18.5 Å². The molecule has 1 heterocycles. The van der Waals surface area contributed by atoms with E-state index in [9.17, 15) is 4.79 Å². The van der Waals surface area contributed by atoms with Crippen LogP contribution in [0.15, 0.2) is 0 Å². The van der Waals surface area contributed by atoms with E-state index < -0.39 is 5.60 Å². The Morgan fingerprint density at radius 1 is 1.38 bits per heavy atom. The first-order chi connectivity index (χ1) is 7.69. The second-order valence-corrected chi connectivity index (χ2v) is 5.33. The van der Waals surface area contributed by atoms with Crippen molar-refractivity contribution in [1.29, 1.82) is 0 Å². The lowest BCUT2D eigenvalue weighted by Gasteiger charge is -2.21. The summed E-state index contributed by atoms with van der Waals surface area (Å²) < 4.78 is 5.48. The highest BCUT2D eigenvalue weighted by Crippen LogP contribution is 2.24. The van der Waals surface area contributed by atoms with Crippen molar-refractivity contribution in [2.45, 2.75) is 51.0 Å². The van der Waals surface area contributed by atoms with Crippen LogP contribution < -0.4 is 5.32 Å². The minimum absolute atomic E-state index is 0.0606. The van der Waals surface area contributed by atoms with Crippen LogP contribution in [0.5, 0.6) is 0 Å². The molecule has 0 saturated carbocycles. The summed E-state index contributed by atoms with van der Waals surface area (Å²) in [4.78, 5) is 11.8. The molecule has 0 aromatic heterocycles. The van der Waals surface area contributed by atoms with Crippen molar-refractivity contribution in [3.05, 3.63) is 0 Å². The van der Waals surface area contributed by atoms with E-state index in [-0.39, 0.29) is 5.91 Å². The lowest BCUT2D eigenvalue weighted by molar-refractivity contribution is -0.139. The van der Waals surface area contributed by atoms with E-state index in [1.807, 2.05) is 6.92 Å². The SMILES string of the molecule is CC1(C(=O)NCCCCCCBr)CCCO1. The summed E-state index contributed by atoms with van der Waals surface area (Å²) in [5.41, 5.74) is -0.560. The fourth-order valence-corrected chi connectivity index (χ4v) is 2.32. The molecule has 1 N–H and O–H groups in total. The van der Waals surface area contributed by atoms with Gasteiger partial charge in [-0.15, -0.1) is 0 Å². The van der Waals surface area contributed by atoms with Crippen molar-refractivity contribution < 1.29 is 9.53 Å². The summed E-state index contributed by atoms with van der Waals surface area (Å²) in [5.74, 6) is 0.0606. The third kappa shape index (κ3) is 4.42. The molecule has 0 aliphatic carbocycles. The zero-order valence-electron chi connectivity index (χ0n) is 10.1. The van der Waals surface area contributed by atoms with Crippen LogP contribution in [0.1, 0.15) is 45.4 Å². The first-order valence-electron chi connectivity index (χ1n) is 6.17. The second-order valence-electron chi connectivity index (χ2n) is 4.54. The maximum Gasteiger partial charge on any atom is 0.251 e. The van der Waals surface area contributed by atoms with Gasteiger partial charge in [0.25, 0.3) is 5.91 Å². The minimum atomic E-state index is -0.560. The van der Waals surface area contributed by atoms with Crippen molar-refractivity contribution in [2.24, 2.45) is 0 Å². The van der Waals surface area contributed by atoms with Gasteiger partial charge in [-0.2, -0.15) is 0 Å². The molecule has 3 nitrogen and oxygen atoms in total. The lowest BCUT2D eigenvalue weighted by Crippen LogP contribution is -2.44. The van der Waals surface area contributed by atoms with E-state index in [2.05, 4.69) is 21.2 Å². The van der Waals surface area contributed by atoms with Crippen LogP contribution in [0.2, 0.25) is 0 Å². The Kier molecular flexibility index (Phi) is 6.36. The predicted octanol–water partition coefficient (Wildman–Crippen LogP) is 2.63. The van der Waals surface area contributed by atoms with E-state index in [1.165, 1.54) is 19.3 Å². The van der Waals surface area contributed by atoms with Crippen molar-refractivity contribution in [2.75, 3.05) is 18.5 Å². The Morgan fingerprint density at radius 2 is 2.12 bits per heavy atom. The highest BCUT2D eigenvalue weighted by atomic mass is 79.9.